The van der Waals surface area contributed by atoms with Crippen molar-refractivity contribution >= 4 is 5.78 Å². The molecule has 5 heteroatoms. The van der Waals surface area contributed by atoms with Crippen LogP contribution in [0.25, 0.3) is 0 Å². The molecule has 18 heavy (non-hydrogen) atoms. The fourth-order valence-electron chi connectivity index (χ4n) is 1.57. The molecule has 0 atom stereocenters. The highest BCUT2D eigenvalue weighted by Gasteiger charge is 2.51. The Morgan fingerprint density at radius 3 is 1.94 bits per heavy atom. The molecule has 0 amide bonds. The van der Waals surface area contributed by atoms with E-state index in [1.54, 1.807) is 0 Å². The number of alkyl halides is 3. The van der Waals surface area contributed by atoms with Gasteiger partial charge in [-0.05, 0) is 26.7 Å². The van der Waals surface area contributed by atoms with E-state index < -0.39 is 11.6 Å². The lowest BCUT2D eigenvalue weighted by molar-refractivity contribution is -0.208. The summed E-state index contributed by atoms with van der Waals surface area (Å²) in [4.78, 5) is 11.8. The first-order valence-corrected chi connectivity index (χ1v) is 5.98. The second-order valence-corrected chi connectivity index (χ2v) is 4.75. The van der Waals surface area contributed by atoms with Crippen LogP contribution in [0, 0.1) is 11.3 Å². The van der Waals surface area contributed by atoms with E-state index >= 15 is 0 Å². The molecule has 0 N–H and O–H groups in total. The van der Waals surface area contributed by atoms with Gasteiger partial charge in [0.25, 0.3) is 0 Å². The molecule has 106 valence electrons. The first-order valence-electron chi connectivity index (χ1n) is 5.98. The summed E-state index contributed by atoms with van der Waals surface area (Å²) in [5.41, 5.74) is -2.16. The van der Waals surface area contributed by atoms with Crippen molar-refractivity contribution in [2.24, 2.45) is 11.3 Å². The summed E-state index contributed by atoms with van der Waals surface area (Å²) in [6.45, 7) is 5.67. The highest BCUT2D eigenvalue weighted by Crippen LogP contribution is 2.43. The van der Waals surface area contributed by atoms with Gasteiger partial charge in [0, 0.05) is 12.0 Å². The monoisotopic (exact) mass is 266 g/mol. The first-order chi connectivity index (χ1) is 8.11. The number of carbonyl (C=O) groups is 1. The zero-order chi connectivity index (χ0) is 14.6. The van der Waals surface area contributed by atoms with Crippen molar-refractivity contribution in [3.63, 3.8) is 0 Å². The standard InChI is InChI=1S/C13H21F3O2/c1-6-9(7-2)10(17)8-11(18-5)12(3,4)13(14,15)16/h8-9H,6-7H2,1-5H3/b11-8-. The molecule has 0 heterocycles. The summed E-state index contributed by atoms with van der Waals surface area (Å²) in [6, 6.07) is 0. The van der Waals surface area contributed by atoms with Gasteiger partial charge in [-0.15, -0.1) is 0 Å². The maximum Gasteiger partial charge on any atom is 0.400 e. The van der Waals surface area contributed by atoms with Crippen LogP contribution in [0.1, 0.15) is 40.5 Å². The zero-order valence-electron chi connectivity index (χ0n) is 11.5. The van der Waals surface area contributed by atoms with E-state index in [9.17, 15) is 18.0 Å². The highest BCUT2D eigenvalue weighted by atomic mass is 19.4. The van der Waals surface area contributed by atoms with Crippen molar-refractivity contribution in [3.05, 3.63) is 11.8 Å². The van der Waals surface area contributed by atoms with Crippen LogP contribution < -0.4 is 0 Å². The van der Waals surface area contributed by atoms with Gasteiger partial charge in [-0.1, -0.05) is 13.8 Å². The number of hydrogen-bond acceptors (Lipinski definition) is 2. The van der Waals surface area contributed by atoms with Crippen LogP contribution >= 0.6 is 0 Å². The minimum absolute atomic E-state index is 0.251. The SMILES string of the molecule is CCC(CC)C(=O)/C=C(\OC)C(C)(C)C(F)(F)F. The van der Waals surface area contributed by atoms with Crippen LogP contribution in [0.15, 0.2) is 11.8 Å². The molecule has 0 aromatic heterocycles. The van der Waals surface area contributed by atoms with Gasteiger partial charge >= 0.3 is 6.18 Å². The Morgan fingerprint density at radius 2 is 1.67 bits per heavy atom. The molecule has 0 fully saturated rings. The molecular formula is C13H21F3O2. The predicted octanol–water partition coefficient (Wildman–Crippen LogP) is 4.11. The molecule has 0 saturated heterocycles. The third kappa shape index (κ3) is 3.75. The van der Waals surface area contributed by atoms with Gasteiger partial charge < -0.3 is 4.74 Å². The lowest BCUT2D eigenvalue weighted by Gasteiger charge is -2.29. The van der Waals surface area contributed by atoms with E-state index in [4.69, 9.17) is 4.74 Å². The summed E-state index contributed by atoms with van der Waals surface area (Å²) in [6.07, 6.45) is -2.25. The molecule has 0 spiro atoms. The van der Waals surface area contributed by atoms with Gasteiger partial charge in [-0.3, -0.25) is 4.79 Å². The Hall–Kier alpha value is -1.00. The molecular weight excluding hydrogens is 245 g/mol. The number of halogens is 3. The third-order valence-corrected chi connectivity index (χ3v) is 3.21. The fraction of sp³-hybridized carbons (Fsp3) is 0.769. The van der Waals surface area contributed by atoms with Gasteiger partial charge in [-0.25, -0.2) is 0 Å². The van der Waals surface area contributed by atoms with Crippen LogP contribution in [0.5, 0.6) is 0 Å². The number of ketones is 1. The summed E-state index contributed by atoms with van der Waals surface area (Å²) >= 11 is 0. The first kappa shape index (κ1) is 17.0. The normalized spacial score (nSPS) is 13.9. The van der Waals surface area contributed by atoms with Crippen LogP contribution in [0.2, 0.25) is 0 Å². The van der Waals surface area contributed by atoms with Crippen molar-refractivity contribution in [3.8, 4) is 0 Å². The average Bonchev–Trinajstić information content (AvgIpc) is 2.25. The molecule has 0 unspecified atom stereocenters. The Balaban J connectivity index is 5.27. The second kappa shape index (κ2) is 6.25. The Bertz CT molecular complexity index is 313. The number of hydrogen-bond donors (Lipinski definition) is 0. The van der Waals surface area contributed by atoms with E-state index in [1.807, 2.05) is 13.8 Å². The molecule has 0 aromatic carbocycles. The topological polar surface area (TPSA) is 26.3 Å². The second-order valence-electron chi connectivity index (χ2n) is 4.75. The van der Waals surface area contributed by atoms with Crippen LogP contribution in [-0.2, 0) is 9.53 Å². The maximum absolute atomic E-state index is 12.9. The van der Waals surface area contributed by atoms with Crippen molar-refractivity contribution in [2.45, 2.75) is 46.7 Å². The quantitative estimate of drug-likeness (QED) is 0.534. The maximum atomic E-state index is 12.9. The Kier molecular flexibility index (Phi) is 5.90. The van der Waals surface area contributed by atoms with Crippen molar-refractivity contribution in [1.29, 1.82) is 0 Å². The molecule has 0 aliphatic heterocycles. The van der Waals surface area contributed by atoms with Crippen molar-refractivity contribution in [2.75, 3.05) is 7.11 Å². The number of carbonyl (C=O) groups excluding carboxylic acids is 1. The largest absolute Gasteiger partial charge is 0.500 e. The summed E-state index contributed by atoms with van der Waals surface area (Å²) < 4.78 is 43.3. The predicted molar refractivity (Wildman–Crippen MR) is 64.0 cm³/mol. The van der Waals surface area contributed by atoms with Gasteiger partial charge in [0.05, 0.1) is 7.11 Å². The smallest absolute Gasteiger partial charge is 0.400 e. The van der Waals surface area contributed by atoms with Gasteiger partial charge in [-0.2, -0.15) is 13.2 Å². The Labute approximate surface area is 106 Å². The fourth-order valence-corrected chi connectivity index (χ4v) is 1.57. The van der Waals surface area contributed by atoms with E-state index in [-0.39, 0.29) is 17.5 Å². The third-order valence-electron chi connectivity index (χ3n) is 3.21. The lowest BCUT2D eigenvalue weighted by atomic mass is 9.87. The Morgan fingerprint density at radius 1 is 1.22 bits per heavy atom. The average molecular weight is 266 g/mol. The molecule has 0 aliphatic rings. The van der Waals surface area contributed by atoms with Gasteiger partial charge in [0.2, 0.25) is 0 Å². The van der Waals surface area contributed by atoms with Crippen LogP contribution in [-0.4, -0.2) is 19.1 Å². The van der Waals surface area contributed by atoms with Crippen LogP contribution in [0.4, 0.5) is 13.2 Å². The summed E-state index contributed by atoms with van der Waals surface area (Å²) in [5, 5.41) is 0. The van der Waals surface area contributed by atoms with Gasteiger partial charge in [0.15, 0.2) is 5.78 Å². The van der Waals surface area contributed by atoms with E-state index in [1.165, 1.54) is 0 Å². The van der Waals surface area contributed by atoms with E-state index in [2.05, 4.69) is 0 Å². The van der Waals surface area contributed by atoms with E-state index in [0.717, 1.165) is 27.0 Å². The molecule has 0 radical (unpaired) electrons. The summed E-state index contributed by atoms with van der Waals surface area (Å²) in [7, 11) is 1.15. The molecule has 0 bridgehead atoms. The lowest BCUT2D eigenvalue weighted by Crippen LogP contribution is -2.35. The molecule has 0 aliphatic carbocycles. The minimum Gasteiger partial charge on any atom is -0.500 e. The number of rotatable bonds is 6. The number of allylic oxidation sites excluding steroid dienone is 2. The van der Waals surface area contributed by atoms with Crippen molar-refractivity contribution < 1.29 is 22.7 Å². The molecule has 0 rings (SSSR count). The number of methoxy groups -OCH3 is 1. The number of ether oxygens (including phenoxy) is 1. The van der Waals surface area contributed by atoms with Crippen molar-refractivity contribution in [1.82, 2.24) is 0 Å². The molecule has 0 aromatic rings. The highest BCUT2D eigenvalue weighted by molar-refractivity contribution is 5.92. The molecule has 2 nitrogen and oxygen atoms in total. The van der Waals surface area contributed by atoms with E-state index in [0.29, 0.717) is 12.8 Å². The zero-order valence-corrected chi connectivity index (χ0v) is 11.5. The summed E-state index contributed by atoms with van der Waals surface area (Å²) in [5.74, 6) is -0.903. The minimum atomic E-state index is -4.46. The molecule has 0 saturated carbocycles. The van der Waals surface area contributed by atoms with Crippen LogP contribution in [0.3, 0.4) is 0 Å². The van der Waals surface area contributed by atoms with Gasteiger partial charge in [0.1, 0.15) is 11.2 Å².